The van der Waals surface area contributed by atoms with Gasteiger partial charge in [-0.25, -0.2) is 4.79 Å². The van der Waals surface area contributed by atoms with Crippen molar-refractivity contribution in [3.05, 3.63) is 34.4 Å². The van der Waals surface area contributed by atoms with Crippen LogP contribution in [-0.4, -0.2) is 10.6 Å². The molecule has 1 saturated carbocycles. The van der Waals surface area contributed by atoms with Gasteiger partial charge in [0.2, 0.25) is 6.08 Å². The summed E-state index contributed by atoms with van der Waals surface area (Å²) in [5.41, 5.74) is 1.97. The lowest BCUT2D eigenvalue weighted by atomic mass is 10.0. The zero-order chi connectivity index (χ0) is 12.0. The van der Waals surface area contributed by atoms with Gasteiger partial charge in [0, 0.05) is 28.6 Å². The number of isocyanates is 1. The predicted molar refractivity (Wildman–Crippen MR) is 69.7 cm³/mol. The fraction of sp³-hybridized carbons (Fsp3) is 0.308. The number of carbonyl (C=O) groups excluding carboxylic acids is 1. The Labute approximate surface area is 107 Å². The van der Waals surface area contributed by atoms with Crippen LogP contribution in [0.4, 0.5) is 0 Å². The van der Waals surface area contributed by atoms with Crippen molar-refractivity contribution in [2.75, 3.05) is 0 Å². The molecule has 1 aromatic heterocycles. The quantitative estimate of drug-likeness (QED) is 0.617. The standard InChI is InChI=1S/C13H11BrN2O/c1-16-7-10(14)12-9(3-2-4-11(12)16)13(5-6-13)15-8-17/h2-4,7H,5-6H2,1H3. The van der Waals surface area contributed by atoms with Gasteiger partial charge in [-0.15, -0.1) is 0 Å². The van der Waals surface area contributed by atoms with Gasteiger partial charge in [0.15, 0.2) is 0 Å². The van der Waals surface area contributed by atoms with Gasteiger partial charge in [-0.3, -0.25) is 0 Å². The van der Waals surface area contributed by atoms with Crippen LogP contribution in [0.25, 0.3) is 10.9 Å². The number of aliphatic imine (C=N–C) groups is 1. The van der Waals surface area contributed by atoms with E-state index in [2.05, 4.69) is 37.6 Å². The fourth-order valence-electron chi connectivity index (χ4n) is 2.42. The van der Waals surface area contributed by atoms with Crippen molar-refractivity contribution in [3.8, 4) is 0 Å². The number of fused-ring (bicyclic) bond motifs is 1. The third-order valence-corrected chi connectivity index (χ3v) is 4.05. The van der Waals surface area contributed by atoms with E-state index in [1.165, 1.54) is 0 Å². The molecule has 3 nitrogen and oxygen atoms in total. The topological polar surface area (TPSA) is 34.4 Å². The number of aromatic nitrogens is 1. The van der Waals surface area contributed by atoms with Crippen molar-refractivity contribution < 1.29 is 4.79 Å². The highest BCUT2D eigenvalue weighted by Gasteiger charge is 2.46. The Hall–Kier alpha value is -1.38. The summed E-state index contributed by atoms with van der Waals surface area (Å²) < 4.78 is 3.13. The minimum atomic E-state index is -0.314. The van der Waals surface area contributed by atoms with Crippen molar-refractivity contribution >= 4 is 32.9 Å². The largest absolute Gasteiger partial charge is 0.349 e. The summed E-state index contributed by atoms with van der Waals surface area (Å²) >= 11 is 3.58. The number of aryl methyl sites for hydroxylation is 1. The molecule has 1 aliphatic carbocycles. The number of hydrogen-bond donors (Lipinski definition) is 0. The molecule has 0 unspecified atom stereocenters. The van der Waals surface area contributed by atoms with Gasteiger partial charge in [-0.2, -0.15) is 4.99 Å². The Morgan fingerprint density at radius 1 is 1.47 bits per heavy atom. The van der Waals surface area contributed by atoms with Gasteiger partial charge in [0.05, 0.1) is 5.54 Å². The summed E-state index contributed by atoms with van der Waals surface area (Å²) in [6.07, 6.45) is 5.62. The molecule has 1 fully saturated rings. The first-order valence-electron chi connectivity index (χ1n) is 5.51. The first-order valence-corrected chi connectivity index (χ1v) is 6.30. The Morgan fingerprint density at radius 3 is 2.88 bits per heavy atom. The van der Waals surface area contributed by atoms with E-state index >= 15 is 0 Å². The van der Waals surface area contributed by atoms with Gasteiger partial charge in [-0.05, 0) is 40.4 Å². The van der Waals surface area contributed by atoms with Crippen molar-refractivity contribution in [1.29, 1.82) is 0 Å². The Balaban J connectivity index is 2.34. The molecular formula is C13H11BrN2O. The SMILES string of the molecule is Cn1cc(Br)c2c(C3(N=C=O)CC3)cccc21. The second-order valence-electron chi connectivity index (χ2n) is 4.52. The molecule has 0 radical (unpaired) electrons. The van der Waals surface area contributed by atoms with Crippen LogP contribution in [0.2, 0.25) is 0 Å². The van der Waals surface area contributed by atoms with Crippen molar-refractivity contribution in [2.24, 2.45) is 12.0 Å². The Morgan fingerprint density at radius 2 is 2.24 bits per heavy atom. The maximum atomic E-state index is 10.6. The third-order valence-electron chi connectivity index (χ3n) is 3.45. The lowest BCUT2D eigenvalue weighted by Gasteiger charge is -2.10. The monoisotopic (exact) mass is 290 g/mol. The maximum Gasteiger partial charge on any atom is 0.235 e. The number of halogens is 1. The highest BCUT2D eigenvalue weighted by molar-refractivity contribution is 9.10. The van der Waals surface area contributed by atoms with Gasteiger partial charge in [0.25, 0.3) is 0 Å². The molecule has 1 aliphatic rings. The average molecular weight is 291 g/mol. The van der Waals surface area contributed by atoms with E-state index in [0.29, 0.717) is 0 Å². The van der Waals surface area contributed by atoms with E-state index in [1.807, 2.05) is 19.3 Å². The Bertz CT molecular complexity index is 649. The normalized spacial score (nSPS) is 16.8. The van der Waals surface area contributed by atoms with E-state index in [-0.39, 0.29) is 5.54 Å². The predicted octanol–water partition coefficient (Wildman–Crippen LogP) is 3.27. The summed E-state index contributed by atoms with van der Waals surface area (Å²) in [4.78, 5) is 14.6. The zero-order valence-corrected chi connectivity index (χ0v) is 11.0. The summed E-state index contributed by atoms with van der Waals surface area (Å²) in [6, 6.07) is 6.15. The van der Waals surface area contributed by atoms with Crippen LogP contribution in [0, 0.1) is 0 Å². The summed E-state index contributed by atoms with van der Waals surface area (Å²) in [6.45, 7) is 0. The molecule has 86 valence electrons. The minimum Gasteiger partial charge on any atom is -0.349 e. The molecule has 1 heterocycles. The lowest BCUT2D eigenvalue weighted by molar-refractivity contribution is 0.556. The molecular weight excluding hydrogens is 280 g/mol. The second kappa shape index (κ2) is 3.56. The molecule has 0 bridgehead atoms. The van der Waals surface area contributed by atoms with E-state index in [9.17, 15) is 4.79 Å². The van der Waals surface area contributed by atoms with Crippen LogP contribution in [-0.2, 0) is 17.4 Å². The number of nitrogens with zero attached hydrogens (tertiary/aromatic N) is 2. The van der Waals surface area contributed by atoms with Gasteiger partial charge < -0.3 is 4.57 Å². The van der Waals surface area contributed by atoms with Crippen LogP contribution >= 0.6 is 15.9 Å². The van der Waals surface area contributed by atoms with Crippen molar-refractivity contribution in [1.82, 2.24) is 4.57 Å². The van der Waals surface area contributed by atoms with Crippen LogP contribution in [0.1, 0.15) is 18.4 Å². The fourth-order valence-corrected chi connectivity index (χ4v) is 3.15. The van der Waals surface area contributed by atoms with E-state index < -0.39 is 0 Å². The maximum absolute atomic E-state index is 10.6. The van der Waals surface area contributed by atoms with E-state index in [4.69, 9.17) is 0 Å². The second-order valence-corrected chi connectivity index (χ2v) is 5.38. The van der Waals surface area contributed by atoms with Crippen LogP contribution in [0.5, 0.6) is 0 Å². The van der Waals surface area contributed by atoms with Gasteiger partial charge in [-0.1, -0.05) is 12.1 Å². The highest BCUT2D eigenvalue weighted by atomic mass is 79.9. The van der Waals surface area contributed by atoms with Crippen LogP contribution in [0.3, 0.4) is 0 Å². The zero-order valence-electron chi connectivity index (χ0n) is 9.40. The Kier molecular flexibility index (Phi) is 2.25. The lowest BCUT2D eigenvalue weighted by Crippen LogP contribution is -2.02. The van der Waals surface area contributed by atoms with Crippen molar-refractivity contribution in [3.63, 3.8) is 0 Å². The number of rotatable bonds is 2. The molecule has 3 rings (SSSR count). The van der Waals surface area contributed by atoms with E-state index in [1.54, 1.807) is 6.08 Å². The highest BCUT2D eigenvalue weighted by Crippen LogP contribution is 2.52. The molecule has 2 aromatic rings. The minimum absolute atomic E-state index is 0.314. The molecule has 1 aromatic carbocycles. The van der Waals surface area contributed by atoms with Crippen molar-refractivity contribution in [2.45, 2.75) is 18.4 Å². The van der Waals surface area contributed by atoms with Gasteiger partial charge >= 0.3 is 0 Å². The molecule has 0 amide bonds. The first kappa shape index (κ1) is 10.8. The number of hydrogen-bond acceptors (Lipinski definition) is 2. The molecule has 0 aliphatic heterocycles. The summed E-state index contributed by atoms with van der Waals surface area (Å²) in [5.74, 6) is 0. The summed E-state index contributed by atoms with van der Waals surface area (Å²) in [7, 11) is 2.01. The third kappa shape index (κ3) is 1.48. The first-order chi connectivity index (χ1) is 8.18. The average Bonchev–Trinajstić information content (AvgIpc) is 3.03. The molecule has 0 saturated heterocycles. The summed E-state index contributed by atoms with van der Waals surface area (Å²) in [5, 5.41) is 1.16. The van der Waals surface area contributed by atoms with Gasteiger partial charge in [0.1, 0.15) is 0 Å². The molecule has 4 heteroatoms. The molecule has 0 atom stereocenters. The smallest absolute Gasteiger partial charge is 0.235 e. The van der Waals surface area contributed by atoms with Crippen LogP contribution < -0.4 is 0 Å². The molecule has 17 heavy (non-hydrogen) atoms. The van der Waals surface area contributed by atoms with Crippen LogP contribution in [0.15, 0.2) is 33.9 Å². The number of benzene rings is 1. The molecule has 0 spiro atoms. The van der Waals surface area contributed by atoms with E-state index in [0.717, 1.165) is 33.8 Å². The molecule has 0 N–H and O–H groups in total.